The van der Waals surface area contributed by atoms with Gasteiger partial charge in [0.2, 0.25) is 0 Å². The Labute approximate surface area is 151 Å². The molecule has 3 aromatic rings. The zero-order valence-corrected chi connectivity index (χ0v) is 14.5. The Morgan fingerprint density at radius 1 is 1.08 bits per heavy atom. The van der Waals surface area contributed by atoms with Gasteiger partial charge < -0.3 is 10.6 Å². The number of halogens is 1. The van der Waals surface area contributed by atoms with Crippen molar-refractivity contribution in [2.75, 3.05) is 5.32 Å². The molecule has 0 saturated carbocycles. The first kappa shape index (κ1) is 17.0. The molecule has 5 heteroatoms. The van der Waals surface area contributed by atoms with E-state index in [0.29, 0.717) is 17.3 Å². The van der Waals surface area contributed by atoms with Crippen LogP contribution in [0.3, 0.4) is 0 Å². The number of rotatable bonds is 5. The summed E-state index contributed by atoms with van der Waals surface area (Å²) in [5.41, 5.74) is 4.23. The maximum absolute atomic E-state index is 12.2. The van der Waals surface area contributed by atoms with Crippen LogP contribution in [0.5, 0.6) is 0 Å². The predicted molar refractivity (Wildman–Crippen MR) is 101 cm³/mol. The highest BCUT2D eigenvalue weighted by Crippen LogP contribution is 2.23. The number of carbonyl (C=O) groups excluding carboxylic acids is 1. The van der Waals surface area contributed by atoms with Crippen LogP contribution in [-0.2, 0) is 6.54 Å². The van der Waals surface area contributed by atoms with E-state index >= 15 is 0 Å². The molecule has 0 aliphatic heterocycles. The average Bonchev–Trinajstić information content (AvgIpc) is 2.63. The Bertz CT molecular complexity index is 864. The molecule has 0 saturated heterocycles. The van der Waals surface area contributed by atoms with Gasteiger partial charge in [-0.3, -0.25) is 4.79 Å². The fourth-order valence-corrected chi connectivity index (χ4v) is 2.62. The molecule has 3 rings (SSSR count). The van der Waals surface area contributed by atoms with E-state index in [1.165, 1.54) is 0 Å². The number of aromatic nitrogens is 1. The third-order valence-electron chi connectivity index (χ3n) is 3.76. The lowest BCUT2D eigenvalue weighted by Gasteiger charge is -2.10. The van der Waals surface area contributed by atoms with Crippen LogP contribution in [0.4, 0.5) is 11.4 Å². The van der Waals surface area contributed by atoms with Crippen molar-refractivity contribution in [1.29, 1.82) is 0 Å². The molecule has 1 aromatic heterocycles. The molecule has 126 valence electrons. The highest BCUT2D eigenvalue weighted by atomic mass is 35.5. The minimum atomic E-state index is -0.196. The van der Waals surface area contributed by atoms with Crippen molar-refractivity contribution < 1.29 is 4.79 Å². The van der Waals surface area contributed by atoms with Crippen molar-refractivity contribution in [3.63, 3.8) is 0 Å². The Kier molecular flexibility index (Phi) is 5.31. The van der Waals surface area contributed by atoms with Crippen LogP contribution in [0.1, 0.15) is 21.6 Å². The SMILES string of the molecule is Cc1cc(Cl)ccc1Nc1ccc(C(=O)NCc2ccccc2)nc1. The van der Waals surface area contributed by atoms with E-state index in [0.717, 1.165) is 22.5 Å². The van der Waals surface area contributed by atoms with Gasteiger partial charge in [0.15, 0.2) is 0 Å². The molecule has 0 fully saturated rings. The van der Waals surface area contributed by atoms with Crippen molar-refractivity contribution in [3.05, 3.63) is 88.7 Å². The van der Waals surface area contributed by atoms with E-state index in [2.05, 4.69) is 15.6 Å². The van der Waals surface area contributed by atoms with Crippen molar-refractivity contribution >= 4 is 28.9 Å². The fraction of sp³-hybridized carbons (Fsp3) is 0.100. The summed E-state index contributed by atoms with van der Waals surface area (Å²) in [7, 11) is 0. The smallest absolute Gasteiger partial charge is 0.270 e. The molecule has 0 spiro atoms. The fourth-order valence-electron chi connectivity index (χ4n) is 2.39. The second kappa shape index (κ2) is 7.81. The quantitative estimate of drug-likeness (QED) is 0.699. The summed E-state index contributed by atoms with van der Waals surface area (Å²) in [6, 6.07) is 18.9. The maximum Gasteiger partial charge on any atom is 0.270 e. The molecule has 4 nitrogen and oxygen atoms in total. The van der Waals surface area contributed by atoms with E-state index in [9.17, 15) is 4.79 Å². The predicted octanol–water partition coefficient (Wildman–Crippen LogP) is 4.72. The normalized spacial score (nSPS) is 10.3. The largest absolute Gasteiger partial charge is 0.354 e. The lowest BCUT2D eigenvalue weighted by molar-refractivity contribution is 0.0946. The van der Waals surface area contributed by atoms with Gasteiger partial charge in [-0.25, -0.2) is 4.98 Å². The van der Waals surface area contributed by atoms with Crippen LogP contribution < -0.4 is 10.6 Å². The van der Waals surface area contributed by atoms with Gasteiger partial charge in [-0.2, -0.15) is 0 Å². The summed E-state index contributed by atoms with van der Waals surface area (Å²) in [4.78, 5) is 16.4. The summed E-state index contributed by atoms with van der Waals surface area (Å²) in [6.45, 7) is 2.46. The highest BCUT2D eigenvalue weighted by molar-refractivity contribution is 6.30. The molecule has 0 bridgehead atoms. The minimum absolute atomic E-state index is 0.196. The van der Waals surface area contributed by atoms with Gasteiger partial charge in [0.25, 0.3) is 5.91 Å². The number of amides is 1. The van der Waals surface area contributed by atoms with Crippen LogP contribution in [0.25, 0.3) is 0 Å². The van der Waals surface area contributed by atoms with Crippen molar-refractivity contribution in [1.82, 2.24) is 10.3 Å². The van der Waals surface area contributed by atoms with E-state index in [-0.39, 0.29) is 5.91 Å². The van der Waals surface area contributed by atoms with E-state index < -0.39 is 0 Å². The van der Waals surface area contributed by atoms with Crippen LogP contribution in [0, 0.1) is 6.92 Å². The Balaban J connectivity index is 1.62. The van der Waals surface area contributed by atoms with Crippen LogP contribution >= 0.6 is 11.6 Å². The second-order valence-corrected chi connectivity index (χ2v) is 6.12. The number of aryl methyl sites for hydroxylation is 1. The highest BCUT2D eigenvalue weighted by Gasteiger charge is 2.07. The first-order valence-corrected chi connectivity index (χ1v) is 8.31. The van der Waals surface area contributed by atoms with Crippen molar-refractivity contribution in [2.45, 2.75) is 13.5 Å². The summed E-state index contributed by atoms with van der Waals surface area (Å²) >= 11 is 5.96. The molecule has 0 aliphatic rings. The third-order valence-corrected chi connectivity index (χ3v) is 3.99. The standard InChI is InChI=1S/C20H18ClN3O/c1-14-11-16(21)7-9-18(14)24-17-8-10-19(22-13-17)20(25)23-12-15-5-3-2-4-6-15/h2-11,13,24H,12H2,1H3,(H,23,25). The second-order valence-electron chi connectivity index (χ2n) is 5.68. The number of nitrogens with zero attached hydrogens (tertiary/aromatic N) is 1. The van der Waals surface area contributed by atoms with Crippen molar-refractivity contribution in [2.24, 2.45) is 0 Å². The van der Waals surface area contributed by atoms with Gasteiger partial charge in [0.1, 0.15) is 5.69 Å². The zero-order chi connectivity index (χ0) is 17.6. The van der Waals surface area contributed by atoms with Crippen molar-refractivity contribution in [3.8, 4) is 0 Å². The average molecular weight is 352 g/mol. The van der Waals surface area contributed by atoms with Gasteiger partial charge in [0, 0.05) is 17.3 Å². The number of hydrogen-bond donors (Lipinski definition) is 2. The molecular formula is C20H18ClN3O. The molecule has 0 atom stereocenters. The molecule has 0 radical (unpaired) electrons. The van der Waals surface area contributed by atoms with E-state index in [1.807, 2.05) is 61.5 Å². The minimum Gasteiger partial charge on any atom is -0.354 e. The maximum atomic E-state index is 12.2. The topological polar surface area (TPSA) is 54.0 Å². The van der Waals surface area contributed by atoms with Gasteiger partial charge >= 0.3 is 0 Å². The van der Waals surface area contributed by atoms with Crippen LogP contribution in [-0.4, -0.2) is 10.9 Å². The number of benzene rings is 2. The molecule has 2 N–H and O–H groups in total. The number of pyridine rings is 1. The van der Waals surface area contributed by atoms with Gasteiger partial charge in [-0.1, -0.05) is 41.9 Å². The van der Waals surface area contributed by atoms with Gasteiger partial charge in [-0.05, 0) is 48.4 Å². The van der Waals surface area contributed by atoms with Crippen LogP contribution in [0.2, 0.25) is 5.02 Å². The van der Waals surface area contributed by atoms with Gasteiger partial charge in [-0.15, -0.1) is 0 Å². The van der Waals surface area contributed by atoms with E-state index in [1.54, 1.807) is 12.3 Å². The number of hydrogen-bond acceptors (Lipinski definition) is 3. The monoisotopic (exact) mass is 351 g/mol. The summed E-state index contributed by atoms with van der Waals surface area (Å²) < 4.78 is 0. The summed E-state index contributed by atoms with van der Waals surface area (Å²) in [6.07, 6.45) is 1.64. The molecule has 1 amide bonds. The number of anilines is 2. The molecule has 1 heterocycles. The number of carbonyl (C=O) groups is 1. The van der Waals surface area contributed by atoms with E-state index in [4.69, 9.17) is 11.6 Å². The summed E-state index contributed by atoms with van der Waals surface area (Å²) in [5, 5.41) is 6.83. The third kappa shape index (κ3) is 4.58. The molecule has 0 unspecified atom stereocenters. The number of nitrogens with one attached hydrogen (secondary N) is 2. The molecule has 2 aromatic carbocycles. The van der Waals surface area contributed by atoms with Crippen LogP contribution in [0.15, 0.2) is 66.9 Å². The zero-order valence-electron chi connectivity index (χ0n) is 13.8. The Morgan fingerprint density at radius 3 is 2.56 bits per heavy atom. The Morgan fingerprint density at radius 2 is 1.88 bits per heavy atom. The molecular weight excluding hydrogens is 334 g/mol. The van der Waals surface area contributed by atoms with Gasteiger partial charge in [0.05, 0.1) is 11.9 Å². The lowest BCUT2D eigenvalue weighted by atomic mass is 10.2. The summed E-state index contributed by atoms with van der Waals surface area (Å²) in [5.74, 6) is -0.196. The first-order chi connectivity index (χ1) is 12.1. The lowest BCUT2D eigenvalue weighted by Crippen LogP contribution is -2.23. The molecule has 0 aliphatic carbocycles. The first-order valence-electron chi connectivity index (χ1n) is 7.93. The Hall–Kier alpha value is -2.85. The molecule has 25 heavy (non-hydrogen) atoms.